The lowest BCUT2D eigenvalue weighted by Gasteiger charge is -2.21. The molecule has 96 valence electrons. The summed E-state index contributed by atoms with van der Waals surface area (Å²) in [5, 5.41) is 0. The summed E-state index contributed by atoms with van der Waals surface area (Å²) < 4.78 is 32.9. The maximum absolute atomic E-state index is 12.0. The average Bonchev–Trinajstić information content (AvgIpc) is 1.98. The molecule has 0 saturated heterocycles. The van der Waals surface area contributed by atoms with Crippen molar-refractivity contribution in [2.75, 3.05) is 18.9 Å². The Labute approximate surface area is 95.3 Å². The topological polar surface area (TPSA) is 93.1 Å². The predicted molar refractivity (Wildman–Crippen MR) is 61.8 cm³/mol. The molecule has 1 atom stereocenters. The first-order valence-corrected chi connectivity index (χ1v) is 8.47. The van der Waals surface area contributed by atoms with Gasteiger partial charge in [0.2, 0.25) is 7.37 Å². The van der Waals surface area contributed by atoms with Crippen LogP contribution in [0.15, 0.2) is 12.7 Å². The molecule has 0 rings (SSSR count). The van der Waals surface area contributed by atoms with Gasteiger partial charge < -0.3 is 19.0 Å². The molecular formula is C8H18O6P2. The highest BCUT2D eigenvalue weighted by molar-refractivity contribution is 7.73. The zero-order valence-electron chi connectivity index (χ0n) is 9.40. The monoisotopic (exact) mass is 272 g/mol. The van der Waals surface area contributed by atoms with E-state index in [1.165, 1.54) is 6.08 Å². The largest absolute Gasteiger partial charge is 0.367 e. The third kappa shape index (κ3) is 8.22. The molecule has 0 heterocycles. The van der Waals surface area contributed by atoms with Gasteiger partial charge in [-0.1, -0.05) is 6.08 Å². The fourth-order valence-corrected chi connectivity index (χ4v) is 5.10. The van der Waals surface area contributed by atoms with Crippen molar-refractivity contribution < 1.29 is 28.2 Å². The minimum Gasteiger partial charge on any atom is -0.367 e. The number of hydrogen-bond acceptors (Lipinski definition) is 4. The zero-order chi connectivity index (χ0) is 12.8. The van der Waals surface area contributed by atoms with Gasteiger partial charge in [0.15, 0.2) is 0 Å². The van der Waals surface area contributed by atoms with E-state index in [0.29, 0.717) is 0 Å². The molecule has 0 aromatic heterocycles. The molecular weight excluding hydrogens is 254 g/mol. The van der Waals surface area contributed by atoms with Crippen molar-refractivity contribution in [1.29, 1.82) is 0 Å². The summed E-state index contributed by atoms with van der Waals surface area (Å²) in [7, 11) is -7.85. The van der Waals surface area contributed by atoms with Crippen LogP contribution in [0.5, 0.6) is 0 Å². The molecule has 0 saturated carbocycles. The molecule has 0 aliphatic rings. The van der Waals surface area contributed by atoms with Gasteiger partial charge in [0.05, 0.1) is 12.7 Å². The lowest BCUT2D eigenvalue weighted by molar-refractivity contribution is 0.175. The van der Waals surface area contributed by atoms with E-state index in [1.807, 2.05) is 0 Å². The van der Waals surface area contributed by atoms with Gasteiger partial charge in [0, 0.05) is 0 Å². The van der Waals surface area contributed by atoms with Crippen LogP contribution >= 0.6 is 15.0 Å². The third-order valence-electron chi connectivity index (χ3n) is 1.33. The summed E-state index contributed by atoms with van der Waals surface area (Å²) in [6.07, 6.45) is 0.754. The second-order valence-electron chi connectivity index (χ2n) is 3.56. The SMILES string of the molecule is C=CCOCP(=O)(CP(=O)(O)O)OC(C)C. The maximum atomic E-state index is 12.0. The highest BCUT2D eigenvalue weighted by atomic mass is 31.2. The van der Waals surface area contributed by atoms with Crippen LogP contribution < -0.4 is 0 Å². The van der Waals surface area contributed by atoms with Crippen LogP contribution in [-0.2, 0) is 18.4 Å². The normalized spacial score (nSPS) is 16.1. The minimum absolute atomic E-state index is 0.159. The van der Waals surface area contributed by atoms with E-state index in [1.54, 1.807) is 13.8 Å². The lowest BCUT2D eigenvalue weighted by atomic mass is 10.5. The van der Waals surface area contributed by atoms with Crippen molar-refractivity contribution in [2.45, 2.75) is 20.0 Å². The highest BCUT2D eigenvalue weighted by Crippen LogP contribution is 2.58. The Kier molecular flexibility index (Phi) is 6.71. The van der Waals surface area contributed by atoms with Crippen LogP contribution in [0.25, 0.3) is 0 Å². The van der Waals surface area contributed by atoms with Crippen molar-refractivity contribution in [3.63, 3.8) is 0 Å². The first kappa shape index (κ1) is 16.0. The average molecular weight is 272 g/mol. The van der Waals surface area contributed by atoms with Crippen LogP contribution in [0.1, 0.15) is 13.8 Å². The second-order valence-corrected chi connectivity index (χ2v) is 8.12. The Morgan fingerprint density at radius 1 is 1.38 bits per heavy atom. The molecule has 0 spiro atoms. The molecule has 0 aromatic rings. The van der Waals surface area contributed by atoms with Gasteiger partial charge in [-0.25, -0.2) is 0 Å². The Bertz CT molecular complexity index is 308. The van der Waals surface area contributed by atoms with Crippen LogP contribution in [0.2, 0.25) is 0 Å². The summed E-state index contributed by atoms with van der Waals surface area (Å²) >= 11 is 0. The van der Waals surface area contributed by atoms with E-state index < -0.39 is 20.9 Å². The van der Waals surface area contributed by atoms with Gasteiger partial charge in [-0.05, 0) is 13.8 Å². The second kappa shape index (κ2) is 6.70. The highest BCUT2D eigenvalue weighted by Gasteiger charge is 2.33. The van der Waals surface area contributed by atoms with E-state index >= 15 is 0 Å². The molecule has 0 aliphatic carbocycles. The number of hydrogen-bond donors (Lipinski definition) is 2. The van der Waals surface area contributed by atoms with Crippen molar-refractivity contribution in [2.24, 2.45) is 0 Å². The number of ether oxygens (including phenoxy) is 1. The summed E-state index contributed by atoms with van der Waals surface area (Å²) in [6, 6.07) is 0. The quantitative estimate of drug-likeness (QED) is 0.398. The van der Waals surface area contributed by atoms with E-state index in [0.717, 1.165) is 0 Å². The van der Waals surface area contributed by atoms with Crippen molar-refractivity contribution >= 4 is 15.0 Å². The van der Waals surface area contributed by atoms with E-state index in [2.05, 4.69) is 6.58 Å². The molecule has 0 aromatic carbocycles. The standard InChI is InChI=1S/C8H18O6P2/c1-4-5-13-6-15(9,14-8(2)3)7-16(10,11)12/h4,8H,1,5-7H2,2-3H3,(H2,10,11,12). The fourth-order valence-electron chi connectivity index (χ4n) is 1.04. The van der Waals surface area contributed by atoms with Gasteiger partial charge in [-0.15, -0.1) is 6.58 Å². The van der Waals surface area contributed by atoms with Crippen LogP contribution in [-0.4, -0.2) is 34.7 Å². The van der Waals surface area contributed by atoms with E-state index in [9.17, 15) is 9.13 Å². The van der Waals surface area contributed by atoms with Crippen molar-refractivity contribution in [1.82, 2.24) is 0 Å². The van der Waals surface area contributed by atoms with E-state index in [4.69, 9.17) is 19.0 Å². The Morgan fingerprint density at radius 2 is 1.94 bits per heavy atom. The van der Waals surface area contributed by atoms with Crippen molar-refractivity contribution in [3.8, 4) is 0 Å². The van der Waals surface area contributed by atoms with Crippen LogP contribution in [0.4, 0.5) is 0 Å². The fraction of sp³-hybridized carbons (Fsp3) is 0.750. The molecule has 0 bridgehead atoms. The maximum Gasteiger partial charge on any atom is 0.335 e. The summed E-state index contributed by atoms with van der Waals surface area (Å²) in [4.78, 5) is 17.6. The Hall–Kier alpha value is 0.0400. The first-order valence-electron chi connectivity index (χ1n) is 4.68. The molecule has 2 N–H and O–H groups in total. The van der Waals surface area contributed by atoms with Gasteiger partial charge in [-0.3, -0.25) is 9.13 Å². The Morgan fingerprint density at radius 3 is 2.31 bits per heavy atom. The third-order valence-corrected chi connectivity index (χ3v) is 5.91. The molecule has 0 amide bonds. The molecule has 0 radical (unpaired) electrons. The van der Waals surface area contributed by atoms with E-state index in [-0.39, 0.29) is 19.1 Å². The molecule has 6 nitrogen and oxygen atoms in total. The van der Waals surface area contributed by atoms with Crippen LogP contribution in [0.3, 0.4) is 0 Å². The summed E-state index contributed by atoms with van der Waals surface area (Å²) in [6.45, 7) is 6.84. The zero-order valence-corrected chi connectivity index (χ0v) is 11.2. The molecule has 0 fully saturated rings. The van der Waals surface area contributed by atoms with Gasteiger partial charge in [0.1, 0.15) is 12.3 Å². The van der Waals surface area contributed by atoms with Gasteiger partial charge in [0.25, 0.3) is 0 Å². The molecule has 0 aliphatic heterocycles. The van der Waals surface area contributed by atoms with Crippen molar-refractivity contribution in [3.05, 3.63) is 12.7 Å². The molecule has 16 heavy (non-hydrogen) atoms. The lowest BCUT2D eigenvalue weighted by Crippen LogP contribution is -2.09. The van der Waals surface area contributed by atoms with Crippen LogP contribution in [0, 0.1) is 0 Å². The molecule has 8 heteroatoms. The summed E-state index contributed by atoms with van der Waals surface area (Å²) in [5.74, 6) is -0.796. The van der Waals surface area contributed by atoms with Gasteiger partial charge >= 0.3 is 7.60 Å². The summed E-state index contributed by atoms with van der Waals surface area (Å²) in [5.41, 5.74) is 0. The first-order chi connectivity index (χ1) is 7.18. The molecule has 1 unspecified atom stereocenters. The Balaban J connectivity index is 4.55. The van der Waals surface area contributed by atoms with Gasteiger partial charge in [-0.2, -0.15) is 0 Å². The predicted octanol–water partition coefficient (Wildman–Crippen LogP) is 1.98. The number of rotatable bonds is 8. The smallest absolute Gasteiger partial charge is 0.335 e. The minimum atomic E-state index is -4.39.